The van der Waals surface area contributed by atoms with E-state index in [2.05, 4.69) is 18.0 Å². The van der Waals surface area contributed by atoms with E-state index in [-0.39, 0.29) is 4.86 Å². The van der Waals surface area contributed by atoms with E-state index in [0.29, 0.717) is 0 Å². The highest BCUT2D eigenvalue weighted by molar-refractivity contribution is 7.84. The Morgan fingerprint density at radius 3 is 1.88 bits per heavy atom. The quantitative estimate of drug-likeness (QED) is 0.403. The maximum absolute atomic E-state index is 10.1. The van der Waals surface area contributed by atoms with Crippen molar-refractivity contribution in [1.29, 1.82) is 0 Å². The third kappa shape index (κ3) is 1.79. The van der Waals surface area contributed by atoms with Crippen LogP contribution in [0.3, 0.4) is 0 Å². The first-order chi connectivity index (χ1) is 3.55. The lowest BCUT2D eigenvalue weighted by Crippen LogP contribution is -2.26. The van der Waals surface area contributed by atoms with E-state index in [1.54, 1.807) is 0 Å². The summed E-state index contributed by atoms with van der Waals surface area (Å²) in [6.45, 7) is 1.20. The molecule has 0 aliphatic carbocycles. The standard InChI is InChI=1S/C4H5NO2S/c1-2(6)3(8)4(5)7/h1H3,(H2,5,7). The van der Waals surface area contributed by atoms with Crippen LogP contribution in [0, 0.1) is 0 Å². The summed E-state index contributed by atoms with van der Waals surface area (Å²) < 4.78 is 0. The van der Waals surface area contributed by atoms with Crippen LogP contribution in [0.15, 0.2) is 0 Å². The second kappa shape index (κ2) is 2.52. The summed E-state index contributed by atoms with van der Waals surface area (Å²) in [6, 6.07) is 0. The molecule has 0 radical (unpaired) electrons. The molecule has 0 heterocycles. The van der Waals surface area contributed by atoms with Gasteiger partial charge in [-0.1, -0.05) is 12.2 Å². The summed E-state index contributed by atoms with van der Waals surface area (Å²) in [5.41, 5.74) is 4.64. The van der Waals surface area contributed by atoms with Crippen molar-refractivity contribution in [2.24, 2.45) is 5.73 Å². The lowest BCUT2D eigenvalue weighted by molar-refractivity contribution is -0.115. The highest BCUT2D eigenvalue weighted by Crippen LogP contribution is 1.76. The number of ketones is 1. The monoisotopic (exact) mass is 131 g/mol. The van der Waals surface area contributed by atoms with Crippen LogP contribution in [0.5, 0.6) is 0 Å². The topological polar surface area (TPSA) is 60.2 Å². The highest BCUT2D eigenvalue weighted by Gasteiger charge is 2.07. The van der Waals surface area contributed by atoms with Gasteiger partial charge in [0, 0.05) is 6.92 Å². The number of nitrogens with two attached hydrogens (primary N) is 1. The number of carbonyl (C=O) groups is 2. The Labute approximate surface area is 51.9 Å². The Balaban J connectivity index is 4.05. The first-order valence-corrected chi connectivity index (χ1v) is 2.31. The SMILES string of the molecule is CC(=O)C(=S)C(N)=O. The van der Waals surface area contributed by atoms with Gasteiger partial charge in [0.05, 0.1) is 0 Å². The number of amides is 1. The molecule has 0 aromatic carbocycles. The molecule has 0 unspecified atom stereocenters. The van der Waals surface area contributed by atoms with Gasteiger partial charge in [-0.05, 0) is 0 Å². The minimum absolute atomic E-state index is 0.315. The largest absolute Gasteiger partial charge is 0.365 e. The molecule has 0 aliphatic rings. The zero-order valence-electron chi connectivity index (χ0n) is 4.30. The molecule has 0 rings (SSSR count). The van der Waals surface area contributed by atoms with Gasteiger partial charge in [-0.3, -0.25) is 9.59 Å². The lowest BCUT2D eigenvalue weighted by Gasteiger charge is -1.86. The van der Waals surface area contributed by atoms with E-state index in [0.717, 1.165) is 0 Å². The predicted molar refractivity (Wildman–Crippen MR) is 32.5 cm³/mol. The van der Waals surface area contributed by atoms with Crippen molar-refractivity contribution in [3.05, 3.63) is 0 Å². The molecule has 2 N–H and O–H groups in total. The van der Waals surface area contributed by atoms with Crippen LogP contribution < -0.4 is 5.73 Å². The van der Waals surface area contributed by atoms with E-state index >= 15 is 0 Å². The van der Waals surface area contributed by atoms with Gasteiger partial charge in [-0.15, -0.1) is 0 Å². The minimum atomic E-state index is -0.826. The molecule has 0 atom stereocenters. The summed E-state index contributed by atoms with van der Waals surface area (Å²) in [6.07, 6.45) is 0. The Hall–Kier alpha value is -0.770. The molecular weight excluding hydrogens is 126 g/mol. The Bertz CT molecular complexity index is 136. The number of carbonyl (C=O) groups excluding carboxylic acids is 2. The van der Waals surface area contributed by atoms with Crippen molar-refractivity contribution in [1.82, 2.24) is 0 Å². The zero-order chi connectivity index (χ0) is 6.73. The zero-order valence-corrected chi connectivity index (χ0v) is 5.12. The molecule has 8 heavy (non-hydrogen) atoms. The Kier molecular flexibility index (Phi) is 2.27. The number of rotatable bonds is 2. The average Bonchev–Trinajstić information content (AvgIpc) is 1.64. The van der Waals surface area contributed by atoms with Crippen LogP contribution in [0.25, 0.3) is 0 Å². The van der Waals surface area contributed by atoms with Gasteiger partial charge in [0.15, 0.2) is 5.78 Å². The van der Waals surface area contributed by atoms with Crippen molar-refractivity contribution in [2.45, 2.75) is 6.92 Å². The van der Waals surface area contributed by atoms with E-state index in [4.69, 9.17) is 0 Å². The number of Topliss-reactive ketones (excluding diaryl/α,β-unsaturated/α-hetero) is 1. The summed E-state index contributed by atoms with van der Waals surface area (Å²) in [4.78, 5) is 19.8. The average molecular weight is 131 g/mol. The molecule has 0 spiro atoms. The summed E-state index contributed by atoms with van der Waals surface area (Å²) in [5, 5.41) is 0. The van der Waals surface area contributed by atoms with Gasteiger partial charge in [-0.25, -0.2) is 0 Å². The van der Waals surface area contributed by atoms with Crippen LogP contribution in [-0.2, 0) is 9.59 Å². The predicted octanol–water partition coefficient (Wildman–Crippen LogP) is -0.569. The summed E-state index contributed by atoms with van der Waals surface area (Å²) >= 11 is 4.28. The van der Waals surface area contributed by atoms with Gasteiger partial charge < -0.3 is 5.73 Å². The van der Waals surface area contributed by atoms with E-state index < -0.39 is 11.7 Å². The molecule has 3 nitrogen and oxygen atoms in total. The van der Waals surface area contributed by atoms with Crippen LogP contribution >= 0.6 is 12.2 Å². The second-order valence-electron chi connectivity index (χ2n) is 1.25. The molecule has 0 aromatic heterocycles. The van der Waals surface area contributed by atoms with Crippen LogP contribution in [0.1, 0.15) is 6.92 Å². The normalized spacial score (nSPS) is 8.12. The van der Waals surface area contributed by atoms with E-state index in [9.17, 15) is 9.59 Å². The van der Waals surface area contributed by atoms with Gasteiger partial charge in [0.1, 0.15) is 4.86 Å². The van der Waals surface area contributed by atoms with E-state index in [1.807, 2.05) is 0 Å². The molecule has 0 aliphatic heterocycles. The third-order valence-electron chi connectivity index (χ3n) is 0.544. The van der Waals surface area contributed by atoms with Crippen molar-refractivity contribution in [3.63, 3.8) is 0 Å². The van der Waals surface area contributed by atoms with Gasteiger partial charge in [-0.2, -0.15) is 0 Å². The smallest absolute Gasteiger partial charge is 0.263 e. The molecule has 44 valence electrons. The minimum Gasteiger partial charge on any atom is -0.365 e. The van der Waals surface area contributed by atoms with Crippen molar-refractivity contribution in [2.75, 3.05) is 0 Å². The van der Waals surface area contributed by atoms with Crippen molar-refractivity contribution < 1.29 is 9.59 Å². The summed E-state index contributed by atoms with van der Waals surface area (Å²) in [5.74, 6) is -1.28. The molecule has 4 heteroatoms. The number of thiocarbonyl (C=S) groups is 1. The first kappa shape index (κ1) is 7.23. The molecule has 1 amide bonds. The fourth-order valence-electron chi connectivity index (χ4n) is 0.173. The van der Waals surface area contributed by atoms with Crippen molar-refractivity contribution in [3.8, 4) is 0 Å². The summed E-state index contributed by atoms with van der Waals surface area (Å²) in [7, 11) is 0. The molecule has 0 fully saturated rings. The molecule has 0 bridgehead atoms. The van der Waals surface area contributed by atoms with Crippen LogP contribution in [0.4, 0.5) is 0 Å². The lowest BCUT2D eigenvalue weighted by atomic mass is 10.3. The second-order valence-corrected chi connectivity index (χ2v) is 1.66. The first-order valence-electron chi connectivity index (χ1n) is 1.90. The van der Waals surface area contributed by atoms with Crippen molar-refractivity contribution >= 4 is 28.8 Å². The van der Waals surface area contributed by atoms with Crippen LogP contribution in [0.2, 0.25) is 0 Å². The number of primary amides is 1. The molecular formula is C4H5NO2S. The maximum atomic E-state index is 10.1. The Morgan fingerprint density at radius 2 is 1.88 bits per heavy atom. The van der Waals surface area contributed by atoms with Gasteiger partial charge in [0.2, 0.25) is 0 Å². The number of hydrogen-bond donors (Lipinski definition) is 1. The van der Waals surface area contributed by atoms with Gasteiger partial charge >= 0.3 is 0 Å². The fourth-order valence-corrected chi connectivity index (χ4v) is 0.173. The van der Waals surface area contributed by atoms with Gasteiger partial charge in [0.25, 0.3) is 5.91 Å². The Morgan fingerprint density at radius 1 is 1.50 bits per heavy atom. The van der Waals surface area contributed by atoms with E-state index in [1.165, 1.54) is 6.92 Å². The molecule has 0 aromatic rings. The fraction of sp³-hybridized carbons (Fsp3) is 0.250. The maximum Gasteiger partial charge on any atom is 0.263 e. The third-order valence-corrected chi connectivity index (χ3v) is 1.03. The highest BCUT2D eigenvalue weighted by atomic mass is 32.1. The molecule has 0 saturated heterocycles. The van der Waals surface area contributed by atoms with Crippen LogP contribution in [-0.4, -0.2) is 16.6 Å². The molecule has 0 saturated carbocycles. The number of hydrogen-bond acceptors (Lipinski definition) is 3.